The molecule has 0 heterocycles. The number of nitrogens with zero attached hydrogens (tertiary/aromatic N) is 1. The number of anilines is 1. The topological polar surface area (TPSA) is 58.4 Å². The summed E-state index contributed by atoms with van der Waals surface area (Å²) in [5.74, 6) is -0.680. The molecule has 1 amide bonds. The monoisotopic (exact) mass is 273 g/mol. The number of nitrogens with one attached hydrogen (secondary N) is 1. The van der Waals surface area contributed by atoms with E-state index in [-0.39, 0.29) is 17.5 Å². The molecule has 0 radical (unpaired) electrons. The van der Waals surface area contributed by atoms with Gasteiger partial charge in [-0.3, -0.25) is 9.69 Å². The molecule has 1 aromatic carbocycles. The van der Waals surface area contributed by atoms with Crippen LogP contribution in [0, 0.1) is 5.82 Å². The molecular weight excluding hydrogens is 257 g/mol. The number of likely N-dealkylation sites (N-methyl/N-ethyl adjacent to an activating group) is 1. The molecule has 0 aliphatic heterocycles. The average molecular weight is 274 g/mol. The number of carbonyl (C=O) groups is 1. The first-order valence-corrected chi connectivity index (χ1v) is 6.12. The second-order valence-electron chi connectivity index (χ2n) is 3.83. The van der Waals surface area contributed by atoms with Crippen molar-refractivity contribution in [1.29, 1.82) is 0 Å². The first-order valence-electron chi connectivity index (χ1n) is 5.74. The molecule has 6 heteroatoms. The van der Waals surface area contributed by atoms with E-state index in [1.807, 2.05) is 11.8 Å². The maximum absolute atomic E-state index is 12.9. The highest BCUT2D eigenvalue weighted by Crippen LogP contribution is 2.19. The van der Waals surface area contributed by atoms with Crippen LogP contribution in [0.15, 0.2) is 18.2 Å². The van der Waals surface area contributed by atoms with Crippen LogP contribution >= 0.6 is 11.6 Å². The van der Waals surface area contributed by atoms with Gasteiger partial charge in [0.05, 0.1) is 11.6 Å². The molecule has 4 nitrogen and oxygen atoms in total. The van der Waals surface area contributed by atoms with Gasteiger partial charge in [-0.15, -0.1) is 0 Å². The molecule has 1 aromatic rings. The minimum atomic E-state index is -0.506. The van der Waals surface area contributed by atoms with Crippen molar-refractivity contribution in [2.24, 2.45) is 5.73 Å². The molecule has 0 unspecified atom stereocenters. The standard InChI is InChI=1S/C12H17ClFN3O/c1-2-17(6-5-15)8-12(18)16-9-3-4-11(14)10(13)7-9/h3-4,7H,2,5-6,8,15H2,1H3,(H,16,18). The number of halogens is 2. The summed E-state index contributed by atoms with van der Waals surface area (Å²) in [6.45, 7) is 4.12. The maximum atomic E-state index is 12.9. The maximum Gasteiger partial charge on any atom is 0.238 e. The summed E-state index contributed by atoms with van der Waals surface area (Å²) in [4.78, 5) is 13.6. The summed E-state index contributed by atoms with van der Waals surface area (Å²) >= 11 is 5.63. The summed E-state index contributed by atoms with van der Waals surface area (Å²) in [6.07, 6.45) is 0. The Kier molecular flexibility index (Phi) is 6.04. The van der Waals surface area contributed by atoms with E-state index in [0.29, 0.717) is 18.8 Å². The van der Waals surface area contributed by atoms with Crippen LogP contribution in [-0.2, 0) is 4.79 Å². The normalized spacial score (nSPS) is 10.7. The summed E-state index contributed by atoms with van der Waals surface area (Å²) in [5.41, 5.74) is 5.92. The van der Waals surface area contributed by atoms with Gasteiger partial charge in [0.2, 0.25) is 5.91 Å². The fraction of sp³-hybridized carbons (Fsp3) is 0.417. The summed E-state index contributed by atoms with van der Waals surface area (Å²) < 4.78 is 12.9. The van der Waals surface area contributed by atoms with Crippen molar-refractivity contribution >= 4 is 23.2 Å². The molecular formula is C12H17ClFN3O. The number of benzene rings is 1. The molecule has 0 saturated carbocycles. The Morgan fingerprint density at radius 3 is 2.83 bits per heavy atom. The van der Waals surface area contributed by atoms with Gasteiger partial charge < -0.3 is 11.1 Å². The van der Waals surface area contributed by atoms with E-state index in [9.17, 15) is 9.18 Å². The largest absolute Gasteiger partial charge is 0.329 e. The van der Waals surface area contributed by atoms with E-state index >= 15 is 0 Å². The third-order valence-corrected chi connectivity index (χ3v) is 2.75. The minimum Gasteiger partial charge on any atom is -0.329 e. The van der Waals surface area contributed by atoms with Gasteiger partial charge in [0.25, 0.3) is 0 Å². The molecule has 0 aromatic heterocycles. The Labute approximate surface area is 111 Å². The SMILES string of the molecule is CCN(CCN)CC(=O)Nc1ccc(F)c(Cl)c1. The number of hydrogen-bond acceptors (Lipinski definition) is 3. The third-order valence-electron chi connectivity index (χ3n) is 2.46. The lowest BCUT2D eigenvalue weighted by Crippen LogP contribution is -2.36. The summed E-state index contributed by atoms with van der Waals surface area (Å²) in [7, 11) is 0. The van der Waals surface area contributed by atoms with E-state index in [4.69, 9.17) is 17.3 Å². The van der Waals surface area contributed by atoms with E-state index in [1.165, 1.54) is 18.2 Å². The van der Waals surface area contributed by atoms with Crippen molar-refractivity contribution < 1.29 is 9.18 Å². The smallest absolute Gasteiger partial charge is 0.238 e. The van der Waals surface area contributed by atoms with Crippen molar-refractivity contribution in [1.82, 2.24) is 4.90 Å². The Bertz CT molecular complexity index is 414. The van der Waals surface area contributed by atoms with Gasteiger partial charge in [0.15, 0.2) is 0 Å². The predicted octanol–water partition coefficient (Wildman–Crippen LogP) is 1.70. The number of carbonyl (C=O) groups excluding carboxylic acids is 1. The number of rotatable bonds is 6. The second kappa shape index (κ2) is 7.31. The lowest BCUT2D eigenvalue weighted by Gasteiger charge is -2.18. The molecule has 0 spiro atoms. The van der Waals surface area contributed by atoms with Crippen LogP contribution in [0.4, 0.5) is 10.1 Å². The highest BCUT2D eigenvalue weighted by Gasteiger charge is 2.09. The van der Waals surface area contributed by atoms with Crippen molar-refractivity contribution in [3.8, 4) is 0 Å². The van der Waals surface area contributed by atoms with Crippen molar-refractivity contribution in [3.05, 3.63) is 29.0 Å². The quantitative estimate of drug-likeness (QED) is 0.829. The fourth-order valence-corrected chi connectivity index (χ4v) is 1.69. The van der Waals surface area contributed by atoms with Crippen molar-refractivity contribution in [2.75, 3.05) is 31.5 Å². The molecule has 3 N–H and O–H groups in total. The molecule has 18 heavy (non-hydrogen) atoms. The first kappa shape index (κ1) is 14.9. The van der Waals surface area contributed by atoms with Gasteiger partial charge in [-0.25, -0.2) is 4.39 Å². The molecule has 0 saturated heterocycles. The first-order chi connectivity index (χ1) is 8.56. The van der Waals surface area contributed by atoms with Crippen molar-refractivity contribution in [2.45, 2.75) is 6.92 Å². The Morgan fingerprint density at radius 1 is 1.56 bits per heavy atom. The van der Waals surface area contributed by atoms with Crippen LogP contribution in [0.5, 0.6) is 0 Å². The van der Waals surface area contributed by atoms with Crippen molar-refractivity contribution in [3.63, 3.8) is 0 Å². The van der Waals surface area contributed by atoms with Gasteiger partial charge in [-0.1, -0.05) is 18.5 Å². The van der Waals surface area contributed by atoms with E-state index in [1.54, 1.807) is 0 Å². The van der Waals surface area contributed by atoms with Crippen LogP contribution in [0.3, 0.4) is 0 Å². The van der Waals surface area contributed by atoms with E-state index in [2.05, 4.69) is 5.32 Å². The van der Waals surface area contributed by atoms with Gasteiger partial charge in [-0.05, 0) is 24.7 Å². The number of nitrogens with two attached hydrogens (primary N) is 1. The lowest BCUT2D eigenvalue weighted by molar-refractivity contribution is -0.117. The third kappa shape index (κ3) is 4.60. The zero-order valence-electron chi connectivity index (χ0n) is 10.2. The summed E-state index contributed by atoms with van der Waals surface area (Å²) in [5, 5.41) is 2.65. The fourth-order valence-electron chi connectivity index (χ4n) is 1.51. The van der Waals surface area contributed by atoms with Crippen LogP contribution in [-0.4, -0.2) is 37.0 Å². The molecule has 0 aliphatic carbocycles. The zero-order valence-corrected chi connectivity index (χ0v) is 11.0. The molecule has 1 rings (SSSR count). The van der Waals surface area contributed by atoms with Crippen LogP contribution in [0.2, 0.25) is 5.02 Å². The minimum absolute atomic E-state index is 0.0119. The van der Waals surface area contributed by atoms with Gasteiger partial charge >= 0.3 is 0 Å². The van der Waals surface area contributed by atoms with E-state index in [0.717, 1.165) is 6.54 Å². The highest BCUT2D eigenvalue weighted by atomic mass is 35.5. The molecule has 0 atom stereocenters. The van der Waals surface area contributed by atoms with Gasteiger partial charge in [0, 0.05) is 18.8 Å². The van der Waals surface area contributed by atoms with Crippen LogP contribution in [0.1, 0.15) is 6.92 Å². The van der Waals surface area contributed by atoms with E-state index < -0.39 is 5.82 Å². The van der Waals surface area contributed by atoms with Gasteiger partial charge in [-0.2, -0.15) is 0 Å². The van der Waals surface area contributed by atoms with Crippen LogP contribution < -0.4 is 11.1 Å². The average Bonchev–Trinajstić information content (AvgIpc) is 2.33. The highest BCUT2D eigenvalue weighted by molar-refractivity contribution is 6.31. The molecule has 0 fully saturated rings. The Hall–Kier alpha value is -1.17. The molecule has 0 aliphatic rings. The second-order valence-corrected chi connectivity index (χ2v) is 4.24. The lowest BCUT2D eigenvalue weighted by atomic mass is 10.3. The summed E-state index contributed by atoms with van der Waals surface area (Å²) in [6, 6.07) is 4.07. The molecule has 0 bridgehead atoms. The van der Waals surface area contributed by atoms with Gasteiger partial charge in [0.1, 0.15) is 5.82 Å². The van der Waals surface area contributed by atoms with Crippen LogP contribution in [0.25, 0.3) is 0 Å². The predicted molar refractivity (Wildman–Crippen MR) is 71.2 cm³/mol. The zero-order chi connectivity index (χ0) is 13.5. The molecule has 100 valence electrons. The Morgan fingerprint density at radius 2 is 2.28 bits per heavy atom. The number of amides is 1. The number of hydrogen-bond donors (Lipinski definition) is 2. The Balaban J connectivity index is 2.55.